The van der Waals surface area contributed by atoms with Crippen molar-refractivity contribution in [1.82, 2.24) is 9.47 Å². The molecular weight excluding hydrogens is 244 g/mol. The molecule has 2 aliphatic rings. The van der Waals surface area contributed by atoms with Crippen LogP contribution in [-0.2, 0) is 6.54 Å². The molecule has 2 aromatic rings. The molecule has 1 unspecified atom stereocenters. The molecule has 3 heterocycles. The molecule has 18 heavy (non-hydrogen) atoms. The van der Waals surface area contributed by atoms with Crippen LogP contribution in [0.2, 0.25) is 5.02 Å². The Hall–Kier alpha value is -1.25. The SMILES string of the molecule is CN1CCC=C2c3cc(Cl)cc4ccn(c34)CC21. The zero-order valence-electron chi connectivity index (χ0n) is 10.4. The van der Waals surface area contributed by atoms with Crippen LogP contribution in [0.4, 0.5) is 0 Å². The van der Waals surface area contributed by atoms with Gasteiger partial charge in [-0.3, -0.25) is 4.90 Å². The normalized spacial score (nSPS) is 23.0. The molecule has 2 nitrogen and oxygen atoms in total. The predicted molar refractivity (Wildman–Crippen MR) is 76.0 cm³/mol. The molecule has 0 aliphatic carbocycles. The van der Waals surface area contributed by atoms with Crippen LogP contribution >= 0.6 is 11.6 Å². The number of likely N-dealkylation sites (N-methyl/N-ethyl adjacent to an activating group) is 1. The van der Waals surface area contributed by atoms with Crippen LogP contribution < -0.4 is 0 Å². The highest BCUT2D eigenvalue weighted by Crippen LogP contribution is 2.38. The second kappa shape index (κ2) is 3.62. The van der Waals surface area contributed by atoms with E-state index in [2.05, 4.69) is 47.0 Å². The minimum Gasteiger partial charge on any atom is -0.345 e. The lowest BCUT2D eigenvalue weighted by Crippen LogP contribution is -2.41. The molecular formula is C15H15ClN2. The minimum absolute atomic E-state index is 0.500. The van der Waals surface area contributed by atoms with Gasteiger partial charge in [-0.25, -0.2) is 0 Å². The molecule has 1 aromatic heterocycles. The Balaban J connectivity index is 2.05. The maximum absolute atomic E-state index is 6.25. The molecule has 0 N–H and O–H groups in total. The zero-order chi connectivity index (χ0) is 12.3. The Kier molecular flexibility index (Phi) is 2.14. The number of hydrogen-bond acceptors (Lipinski definition) is 1. The molecule has 1 atom stereocenters. The van der Waals surface area contributed by atoms with Gasteiger partial charge in [-0.1, -0.05) is 17.7 Å². The van der Waals surface area contributed by atoms with Crippen molar-refractivity contribution < 1.29 is 0 Å². The summed E-state index contributed by atoms with van der Waals surface area (Å²) in [5, 5.41) is 2.09. The fraction of sp³-hybridized carbons (Fsp3) is 0.333. The van der Waals surface area contributed by atoms with Crippen molar-refractivity contribution in [3.63, 3.8) is 0 Å². The van der Waals surface area contributed by atoms with E-state index in [-0.39, 0.29) is 0 Å². The van der Waals surface area contributed by atoms with Gasteiger partial charge in [0.05, 0.1) is 11.6 Å². The zero-order valence-corrected chi connectivity index (χ0v) is 11.1. The van der Waals surface area contributed by atoms with Gasteiger partial charge in [-0.05, 0) is 37.2 Å². The molecule has 0 amide bonds. The Morgan fingerprint density at radius 3 is 3.11 bits per heavy atom. The van der Waals surface area contributed by atoms with E-state index in [1.54, 1.807) is 0 Å². The third-order valence-corrected chi connectivity index (χ3v) is 4.46. The van der Waals surface area contributed by atoms with Gasteiger partial charge in [0, 0.05) is 35.3 Å². The predicted octanol–water partition coefficient (Wildman–Crippen LogP) is 3.40. The summed E-state index contributed by atoms with van der Waals surface area (Å²) in [6.45, 7) is 2.20. The van der Waals surface area contributed by atoms with Gasteiger partial charge in [0.15, 0.2) is 0 Å². The first-order chi connectivity index (χ1) is 8.74. The minimum atomic E-state index is 0.500. The summed E-state index contributed by atoms with van der Waals surface area (Å²) in [6.07, 6.45) is 5.72. The molecule has 0 saturated carbocycles. The quantitative estimate of drug-likeness (QED) is 0.703. The summed E-state index contributed by atoms with van der Waals surface area (Å²) < 4.78 is 2.37. The van der Waals surface area contributed by atoms with Crippen molar-refractivity contribution in [2.75, 3.05) is 13.6 Å². The van der Waals surface area contributed by atoms with Crippen molar-refractivity contribution in [3.05, 3.63) is 41.1 Å². The average Bonchev–Trinajstić information content (AvgIpc) is 2.75. The topological polar surface area (TPSA) is 8.17 Å². The molecule has 92 valence electrons. The van der Waals surface area contributed by atoms with E-state index in [4.69, 9.17) is 11.6 Å². The molecule has 0 fully saturated rings. The smallest absolute Gasteiger partial charge is 0.0558 e. The van der Waals surface area contributed by atoms with E-state index in [1.165, 1.54) is 22.0 Å². The Morgan fingerprint density at radius 1 is 1.33 bits per heavy atom. The largest absolute Gasteiger partial charge is 0.345 e. The summed E-state index contributed by atoms with van der Waals surface area (Å²) in [5.41, 5.74) is 4.13. The van der Waals surface area contributed by atoms with Crippen LogP contribution in [0, 0.1) is 0 Å². The van der Waals surface area contributed by atoms with Crippen LogP contribution in [0.25, 0.3) is 16.5 Å². The van der Waals surface area contributed by atoms with Crippen molar-refractivity contribution in [3.8, 4) is 0 Å². The van der Waals surface area contributed by atoms with Gasteiger partial charge < -0.3 is 4.57 Å². The van der Waals surface area contributed by atoms with E-state index < -0.39 is 0 Å². The molecule has 0 saturated heterocycles. The average molecular weight is 259 g/mol. The maximum atomic E-state index is 6.25. The van der Waals surface area contributed by atoms with Gasteiger partial charge >= 0.3 is 0 Å². The van der Waals surface area contributed by atoms with Crippen molar-refractivity contribution in [2.24, 2.45) is 0 Å². The number of fused-ring (bicyclic) bond motifs is 2. The van der Waals surface area contributed by atoms with Gasteiger partial charge in [0.25, 0.3) is 0 Å². The first-order valence-electron chi connectivity index (χ1n) is 6.43. The lowest BCUT2D eigenvalue weighted by Gasteiger charge is -2.37. The van der Waals surface area contributed by atoms with Crippen LogP contribution in [0.3, 0.4) is 0 Å². The van der Waals surface area contributed by atoms with Gasteiger partial charge in [0.2, 0.25) is 0 Å². The van der Waals surface area contributed by atoms with Gasteiger partial charge in [-0.15, -0.1) is 0 Å². The Morgan fingerprint density at radius 2 is 2.22 bits per heavy atom. The molecule has 0 bridgehead atoms. The lowest BCUT2D eigenvalue weighted by atomic mass is 9.89. The van der Waals surface area contributed by atoms with Gasteiger partial charge in [-0.2, -0.15) is 0 Å². The van der Waals surface area contributed by atoms with E-state index in [9.17, 15) is 0 Å². The first kappa shape index (κ1) is 10.7. The molecule has 0 spiro atoms. The Labute approximate surface area is 111 Å². The summed E-state index contributed by atoms with van der Waals surface area (Å²) in [6, 6.07) is 6.85. The highest BCUT2D eigenvalue weighted by Gasteiger charge is 2.30. The highest BCUT2D eigenvalue weighted by molar-refractivity contribution is 6.31. The summed E-state index contributed by atoms with van der Waals surface area (Å²) >= 11 is 6.25. The molecule has 4 rings (SSSR count). The summed E-state index contributed by atoms with van der Waals surface area (Å²) in [5.74, 6) is 0. The third-order valence-electron chi connectivity index (χ3n) is 4.24. The van der Waals surface area contributed by atoms with Crippen molar-refractivity contribution in [1.29, 1.82) is 0 Å². The second-order valence-electron chi connectivity index (χ2n) is 5.30. The first-order valence-corrected chi connectivity index (χ1v) is 6.81. The van der Waals surface area contributed by atoms with Crippen molar-refractivity contribution in [2.45, 2.75) is 19.0 Å². The molecule has 1 aromatic carbocycles. The fourth-order valence-corrected chi connectivity index (χ4v) is 3.58. The maximum Gasteiger partial charge on any atom is 0.0558 e. The molecule has 0 radical (unpaired) electrons. The van der Waals surface area contributed by atoms with Crippen LogP contribution in [0.5, 0.6) is 0 Å². The molecule has 3 heteroatoms. The molecule has 2 aliphatic heterocycles. The van der Waals surface area contributed by atoms with Crippen LogP contribution in [0.1, 0.15) is 12.0 Å². The highest BCUT2D eigenvalue weighted by atomic mass is 35.5. The number of halogens is 1. The third kappa shape index (κ3) is 1.33. The number of benzene rings is 1. The van der Waals surface area contributed by atoms with Crippen LogP contribution in [-0.4, -0.2) is 29.1 Å². The van der Waals surface area contributed by atoms with E-state index in [0.717, 1.165) is 24.5 Å². The van der Waals surface area contributed by atoms with Crippen LogP contribution in [0.15, 0.2) is 30.5 Å². The van der Waals surface area contributed by atoms with Crippen molar-refractivity contribution >= 4 is 28.1 Å². The fourth-order valence-electron chi connectivity index (χ4n) is 3.35. The van der Waals surface area contributed by atoms with E-state index >= 15 is 0 Å². The number of hydrogen-bond donors (Lipinski definition) is 0. The Bertz CT molecular complexity index is 668. The standard InChI is InChI=1S/C15H15ClN2/c1-17-5-2-3-12-13-8-11(16)7-10-4-6-18(15(10)13)9-14(12)17/h3-4,6-8,14H,2,5,9H2,1H3. The second-order valence-corrected chi connectivity index (χ2v) is 5.74. The monoisotopic (exact) mass is 258 g/mol. The van der Waals surface area contributed by atoms with Gasteiger partial charge in [0.1, 0.15) is 0 Å². The van der Waals surface area contributed by atoms with E-state index in [1.807, 2.05) is 0 Å². The number of rotatable bonds is 0. The van der Waals surface area contributed by atoms with E-state index in [0.29, 0.717) is 6.04 Å². The lowest BCUT2D eigenvalue weighted by molar-refractivity contribution is 0.260. The summed E-state index contributed by atoms with van der Waals surface area (Å²) in [4.78, 5) is 2.45. The number of nitrogens with zero attached hydrogens (tertiary/aromatic N) is 2. The summed E-state index contributed by atoms with van der Waals surface area (Å²) in [7, 11) is 2.22. The number of aromatic nitrogens is 1.